The molecule has 0 saturated carbocycles. The molecule has 158 valence electrons. The molecule has 9 nitrogen and oxygen atoms in total. The Morgan fingerprint density at radius 1 is 1.31 bits per heavy atom. The van der Waals surface area contributed by atoms with Crippen molar-refractivity contribution in [3.8, 4) is 0 Å². The van der Waals surface area contributed by atoms with Crippen LogP contribution in [0, 0.1) is 19.8 Å². The quantitative estimate of drug-likeness (QED) is 0.377. The third-order valence-electron chi connectivity index (χ3n) is 5.12. The maximum atomic E-state index is 11.5. The van der Waals surface area contributed by atoms with Gasteiger partial charge < -0.3 is 20.7 Å². The van der Waals surface area contributed by atoms with Crippen molar-refractivity contribution in [3.63, 3.8) is 0 Å². The molecule has 0 aromatic carbocycles. The number of hydrogen-bond acceptors (Lipinski definition) is 5. The predicted octanol–water partition coefficient (Wildman–Crippen LogP) is 1.11. The molecule has 2 aliphatic rings. The number of amides is 1. The van der Waals surface area contributed by atoms with Gasteiger partial charge in [0, 0.05) is 43.5 Å². The molecule has 0 radical (unpaired) electrons. The average Bonchev–Trinajstić information content (AvgIpc) is 3.19. The number of carbonyl (C=O) groups is 1. The van der Waals surface area contributed by atoms with E-state index in [4.69, 9.17) is 22.7 Å². The zero-order valence-electron chi connectivity index (χ0n) is 17.0. The lowest BCUT2D eigenvalue weighted by Gasteiger charge is -2.32. The van der Waals surface area contributed by atoms with E-state index in [-0.39, 0.29) is 17.9 Å². The SMILES string of the molecule is Cc1cc(C)nc(N/C(=N/C(=S)NCC2CCCO2)N2CCC(C(N)=O)CC2)n1. The summed E-state index contributed by atoms with van der Waals surface area (Å²) in [7, 11) is 0. The molecule has 4 N–H and O–H groups in total. The number of nitrogens with zero attached hydrogens (tertiary/aromatic N) is 4. The molecule has 2 aliphatic heterocycles. The van der Waals surface area contributed by atoms with Crippen molar-refractivity contribution in [1.82, 2.24) is 20.2 Å². The maximum Gasteiger partial charge on any atom is 0.229 e. The van der Waals surface area contributed by atoms with Gasteiger partial charge in [0.15, 0.2) is 5.11 Å². The highest BCUT2D eigenvalue weighted by Crippen LogP contribution is 2.18. The fourth-order valence-electron chi connectivity index (χ4n) is 3.58. The zero-order chi connectivity index (χ0) is 20.8. The number of thiocarbonyl (C=S) groups is 1. The van der Waals surface area contributed by atoms with E-state index >= 15 is 0 Å². The van der Waals surface area contributed by atoms with Gasteiger partial charge in [0.05, 0.1) is 6.10 Å². The number of aromatic nitrogens is 2. The minimum absolute atomic E-state index is 0.102. The second kappa shape index (κ2) is 9.93. The smallest absolute Gasteiger partial charge is 0.229 e. The number of likely N-dealkylation sites (tertiary alicyclic amines) is 1. The molecule has 29 heavy (non-hydrogen) atoms. The van der Waals surface area contributed by atoms with Crippen LogP contribution in [0.4, 0.5) is 5.95 Å². The van der Waals surface area contributed by atoms with Gasteiger partial charge in [-0.15, -0.1) is 0 Å². The van der Waals surface area contributed by atoms with Crippen molar-refractivity contribution in [1.29, 1.82) is 0 Å². The van der Waals surface area contributed by atoms with Gasteiger partial charge in [-0.3, -0.25) is 10.1 Å². The Morgan fingerprint density at radius 2 is 2.00 bits per heavy atom. The summed E-state index contributed by atoms with van der Waals surface area (Å²) in [5.74, 6) is 0.694. The number of primary amides is 1. The molecule has 0 spiro atoms. The maximum absolute atomic E-state index is 11.5. The van der Waals surface area contributed by atoms with Crippen LogP contribution in [0.5, 0.6) is 0 Å². The normalized spacial score (nSPS) is 20.6. The van der Waals surface area contributed by atoms with Crippen LogP contribution in [0.15, 0.2) is 11.1 Å². The molecule has 1 atom stereocenters. The monoisotopic (exact) mass is 419 g/mol. The van der Waals surface area contributed by atoms with Gasteiger partial charge >= 0.3 is 0 Å². The third-order valence-corrected chi connectivity index (χ3v) is 5.35. The molecule has 2 saturated heterocycles. The van der Waals surface area contributed by atoms with Crippen molar-refractivity contribution < 1.29 is 9.53 Å². The van der Waals surface area contributed by atoms with Crippen LogP contribution in [0.2, 0.25) is 0 Å². The number of aryl methyl sites for hydroxylation is 2. The lowest BCUT2D eigenvalue weighted by Crippen LogP contribution is -2.45. The molecular weight excluding hydrogens is 390 g/mol. The number of aliphatic imine (C=N–C) groups is 1. The van der Waals surface area contributed by atoms with Crippen molar-refractivity contribution in [2.24, 2.45) is 16.6 Å². The molecule has 1 aromatic rings. The zero-order valence-corrected chi connectivity index (χ0v) is 17.8. The van der Waals surface area contributed by atoms with Crippen molar-refractivity contribution in [3.05, 3.63) is 17.5 Å². The minimum atomic E-state index is -0.248. The minimum Gasteiger partial charge on any atom is -0.376 e. The molecule has 3 rings (SSSR count). The first-order chi connectivity index (χ1) is 13.9. The number of ether oxygens (including phenoxy) is 1. The Morgan fingerprint density at radius 3 is 2.59 bits per heavy atom. The van der Waals surface area contributed by atoms with Gasteiger partial charge in [0.2, 0.25) is 17.8 Å². The van der Waals surface area contributed by atoms with E-state index in [9.17, 15) is 4.79 Å². The molecule has 1 unspecified atom stereocenters. The predicted molar refractivity (Wildman–Crippen MR) is 116 cm³/mol. The van der Waals surface area contributed by atoms with E-state index in [2.05, 4.69) is 30.5 Å². The first kappa shape index (κ1) is 21.4. The average molecular weight is 420 g/mol. The van der Waals surface area contributed by atoms with E-state index in [0.29, 0.717) is 49.5 Å². The van der Waals surface area contributed by atoms with Gasteiger partial charge in [0.1, 0.15) is 0 Å². The van der Waals surface area contributed by atoms with Crippen LogP contribution in [0.25, 0.3) is 0 Å². The van der Waals surface area contributed by atoms with Crippen LogP contribution >= 0.6 is 12.2 Å². The van der Waals surface area contributed by atoms with Gasteiger partial charge in [-0.05, 0) is 57.8 Å². The number of rotatable bonds is 4. The van der Waals surface area contributed by atoms with Crippen molar-refractivity contribution in [2.45, 2.75) is 45.6 Å². The Kier molecular flexibility index (Phi) is 7.32. The summed E-state index contributed by atoms with van der Waals surface area (Å²) in [4.78, 5) is 27.0. The van der Waals surface area contributed by atoms with Crippen LogP contribution in [-0.4, -0.2) is 64.2 Å². The van der Waals surface area contributed by atoms with Gasteiger partial charge in [0.25, 0.3) is 0 Å². The van der Waals surface area contributed by atoms with Crippen LogP contribution < -0.4 is 16.4 Å². The van der Waals surface area contributed by atoms with Crippen LogP contribution in [0.3, 0.4) is 0 Å². The highest BCUT2D eigenvalue weighted by Gasteiger charge is 2.26. The number of hydrogen-bond donors (Lipinski definition) is 3. The fraction of sp³-hybridized carbons (Fsp3) is 0.632. The molecule has 3 heterocycles. The summed E-state index contributed by atoms with van der Waals surface area (Å²) in [6.45, 7) is 6.58. The largest absolute Gasteiger partial charge is 0.376 e. The van der Waals surface area contributed by atoms with Gasteiger partial charge in [-0.25, -0.2) is 9.97 Å². The molecule has 10 heteroatoms. The van der Waals surface area contributed by atoms with Crippen LogP contribution in [-0.2, 0) is 9.53 Å². The highest BCUT2D eigenvalue weighted by atomic mass is 32.1. The highest BCUT2D eigenvalue weighted by molar-refractivity contribution is 7.80. The van der Waals surface area contributed by atoms with Gasteiger partial charge in [-0.1, -0.05) is 0 Å². The number of carbonyl (C=O) groups excluding carboxylic acids is 1. The first-order valence-corrected chi connectivity index (χ1v) is 10.4. The van der Waals surface area contributed by atoms with Gasteiger partial charge in [-0.2, -0.15) is 4.99 Å². The second-order valence-electron chi connectivity index (χ2n) is 7.52. The number of guanidine groups is 1. The molecule has 1 aromatic heterocycles. The summed E-state index contributed by atoms with van der Waals surface area (Å²) < 4.78 is 5.62. The van der Waals surface area contributed by atoms with E-state index in [1.54, 1.807) is 0 Å². The van der Waals surface area contributed by atoms with E-state index in [1.165, 1.54) is 0 Å². The standard InChI is InChI=1S/C19H29N7O2S/c1-12-10-13(2)23-17(22-12)24-18(26-7-5-14(6-8-26)16(20)27)25-19(29)21-11-15-4-3-9-28-15/h10,14-15H,3-9,11H2,1-2H3,(H2,20,27)(H2,21,22,23,24,25,29). The topological polar surface area (TPSA) is 118 Å². The van der Waals surface area contributed by atoms with E-state index in [0.717, 1.165) is 30.8 Å². The lowest BCUT2D eigenvalue weighted by molar-refractivity contribution is -0.122. The van der Waals surface area contributed by atoms with Crippen molar-refractivity contribution >= 4 is 35.1 Å². The van der Waals surface area contributed by atoms with E-state index < -0.39 is 0 Å². The van der Waals surface area contributed by atoms with E-state index in [1.807, 2.05) is 19.9 Å². The summed E-state index contributed by atoms with van der Waals surface area (Å²) in [6.07, 6.45) is 3.64. The summed E-state index contributed by atoms with van der Waals surface area (Å²) in [6, 6.07) is 1.91. The number of nitrogens with two attached hydrogens (primary N) is 1. The number of piperidine rings is 1. The van der Waals surface area contributed by atoms with Crippen molar-refractivity contribution in [2.75, 3.05) is 31.6 Å². The summed E-state index contributed by atoms with van der Waals surface area (Å²) in [5.41, 5.74) is 7.19. The Hall–Kier alpha value is -2.33. The van der Waals surface area contributed by atoms with Crippen LogP contribution in [0.1, 0.15) is 37.1 Å². The summed E-state index contributed by atoms with van der Waals surface area (Å²) in [5, 5.41) is 6.76. The molecule has 0 bridgehead atoms. The Labute approximate surface area is 176 Å². The molecule has 0 aliphatic carbocycles. The number of nitrogens with one attached hydrogen (secondary N) is 2. The Bertz CT molecular complexity index is 752. The summed E-state index contributed by atoms with van der Waals surface area (Å²) >= 11 is 5.43. The fourth-order valence-corrected chi connectivity index (χ4v) is 3.75. The molecular formula is C19H29N7O2S. The second-order valence-corrected chi connectivity index (χ2v) is 7.91. The third kappa shape index (κ3) is 6.33. The first-order valence-electron chi connectivity index (χ1n) is 10.0. The lowest BCUT2D eigenvalue weighted by atomic mass is 9.96. The Balaban J connectivity index is 1.71. The molecule has 1 amide bonds. The number of anilines is 1. The molecule has 2 fully saturated rings.